The molecular formula is C27H36O. The van der Waals surface area contributed by atoms with E-state index in [1.54, 1.807) is 0 Å². The molecule has 1 heterocycles. The van der Waals surface area contributed by atoms with Crippen LogP contribution in [-0.4, -0.2) is 12.2 Å². The first-order chi connectivity index (χ1) is 13.1. The van der Waals surface area contributed by atoms with Gasteiger partial charge in [0, 0.05) is 0 Å². The third-order valence-corrected chi connectivity index (χ3v) is 6.79. The molecule has 0 N–H and O–H groups in total. The number of hydrogen-bond acceptors (Lipinski definition) is 1. The Morgan fingerprint density at radius 1 is 0.571 bits per heavy atom. The molecule has 2 aromatic carbocycles. The van der Waals surface area contributed by atoms with E-state index in [4.69, 9.17) is 4.74 Å². The van der Waals surface area contributed by atoms with Crippen LogP contribution < -0.4 is 0 Å². The van der Waals surface area contributed by atoms with Gasteiger partial charge in [-0.1, -0.05) is 90.1 Å². The third kappa shape index (κ3) is 4.20. The standard InChI is InChI=1S/C27H36O/c1-26(2,3)22-11-7-18(8-12-22)20-15-21(17-25-24(16-20)28-25)19-9-13-23(14-10-19)27(4,5)6/h7-14,20-21,24-25H,15-17H2,1-6H3. The zero-order chi connectivity index (χ0) is 20.1. The maximum absolute atomic E-state index is 6.02. The van der Waals surface area contributed by atoms with Crippen molar-refractivity contribution in [1.29, 1.82) is 0 Å². The predicted molar refractivity (Wildman–Crippen MR) is 118 cm³/mol. The van der Waals surface area contributed by atoms with Crippen LogP contribution in [0.2, 0.25) is 0 Å². The van der Waals surface area contributed by atoms with E-state index in [9.17, 15) is 0 Å². The smallest absolute Gasteiger partial charge is 0.0848 e. The molecule has 4 unspecified atom stereocenters. The summed E-state index contributed by atoms with van der Waals surface area (Å²) in [6.45, 7) is 13.7. The Kier molecular flexibility index (Phi) is 4.94. The molecule has 0 bridgehead atoms. The Balaban J connectivity index is 1.55. The molecule has 2 fully saturated rings. The van der Waals surface area contributed by atoms with Crippen LogP contribution in [0.4, 0.5) is 0 Å². The Labute approximate surface area is 171 Å². The lowest BCUT2D eigenvalue weighted by atomic mass is 9.80. The molecule has 1 saturated carbocycles. The number of epoxide rings is 1. The van der Waals surface area contributed by atoms with Crippen LogP contribution >= 0.6 is 0 Å². The van der Waals surface area contributed by atoms with Gasteiger partial charge < -0.3 is 4.74 Å². The highest BCUT2D eigenvalue weighted by Crippen LogP contribution is 2.47. The molecule has 0 amide bonds. The number of ether oxygens (including phenoxy) is 1. The SMILES string of the molecule is CC(C)(C)c1ccc(C2CC(c3ccc(C(C)(C)C)cc3)CC3OC3C2)cc1. The first-order valence-corrected chi connectivity index (χ1v) is 11.0. The van der Waals surface area contributed by atoms with Crippen molar-refractivity contribution in [2.45, 2.75) is 95.7 Å². The van der Waals surface area contributed by atoms with Crippen LogP contribution in [0.15, 0.2) is 48.5 Å². The maximum Gasteiger partial charge on any atom is 0.0848 e. The summed E-state index contributed by atoms with van der Waals surface area (Å²) in [5.41, 5.74) is 6.23. The Morgan fingerprint density at radius 3 is 1.25 bits per heavy atom. The summed E-state index contributed by atoms with van der Waals surface area (Å²) in [6, 6.07) is 18.8. The van der Waals surface area contributed by atoms with E-state index in [1.807, 2.05) is 0 Å². The van der Waals surface area contributed by atoms with E-state index < -0.39 is 0 Å². The van der Waals surface area contributed by atoms with Gasteiger partial charge in [0.15, 0.2) is 0 Å². The molecule has 1 aliphatic heterocycles. The average molecular weight is 377 g/mol. The minimum atomic E-state index is 0.212. The molecule has 1 heteroatoms. The predicted octanol–water partition coefficient (Wildman–Crippen LogP) is 7.10. The maximum atomic E-state index is 6.02. The average Bonchev–Trinajstić information content (AvgIpc) is 3.37. The van der Waals surface area contributed by atoms with E-state index in [0.717, 1.165) is 0 Å². The highest BCUT2D eigenvalue weighted by atomic mass is 16.6. The van der Waals surface area contributed by atoms with Crippen molar-refractivity contribution in [3.05, 3.63) is 70.8 Å². The van der Waals surface area contributed by atoms with Crippen LogP contribution in [0.25, 0.3) is 0 Å². The van der Waals surface area contributed by atoms with Gasteiger partial charge in [0.25, 0.3) is 0 Å². The summed E-state index contributed by atoms with van der Waals surface area (Å²) in [6.07, 6.45) is 4.55. The molecule has 0 radical (unpaired) electrons. The normalized spacial score (nSPS) is 27.8. The molecule has 1 saturated heterocycles. The summed E-state index contributed by atoms with van der Waals surface area (Å²) < 4.78 is 6.02. The molecule has 0 aromatic heterocycles. The Morgan fingerprint density at radius 2 is 0.929 bits per heavy atom. The van der Waals surface area contributed by atoms with E-state index in [0.29, 0.717) is 24.0 Å². The van der Waals surface area contributed by atoms with Gasteiger partial charge in [0.1, 0.15) is 0 Å². The molecule has 4 atom stereocenters. The van der Waals surface area contributed by atoms with Gasteiger partial charge >= 0.3 is 0 Å². The first-order valence-electron chi connectivity index (χ1n) is 11.0. The van der Waals surface area contributed by atoms with Crippen LogP contribution in [0.5, 0.6) is 0 Å². The monoisotopic (exact) mass is 376 g/mol. The fraction of sp³-hybridized carbons (Fsp3) is 0.556. The lowest BCUT2D eigenvalue weighted by molar-refractivity contribution is 0.310. The quantitative estimate of drug-likeness (QED) is 0.509. The zero-order valence-electron chi connectivity index (χ0n) is 18.5. The van der Waals surface area contributed by atoms with Crippen LogP contribution in [0.3, 0.4) is 0 Å². The molecule has 2 aliphatic rings. The van der Waals surface area contributed by atoms with Crippen molar-refractivity contribution in [3.63, 3.8) is 0 Å². The first kappa shape index (κ1) is 19.7. The van der Waals surface area contributed by atoms with Gasteiger partial charge in [-0.05, 0) is 64.2 Å². The van der Waals surface area contributed by atoms with E-state index in [-0.39, 0.29) is 10.8 Å². The lowest BCUT2D eigenvalue weighted by Gasteiger charge is -2.25. The molecule has 1 aliphatic carbocycles. The van der Waals surface area contributed by atoms with Crippen molar-refractivity contribution >= 4 is 0 Å². The van der Waals surface area contributed by atoms with Crippen molar-refractivity contribution < 1.29 is 4.74 Å². The van der Waals surface area contributed by atoms with E-state index in [1.165, 1.54) is 41.5 Å². The number of hydrogen-bond donors (Lipinski definition) is 0. The summed E-state index contributed by atoms with van der Waals surface area (Å²) >= 11 is 0. The van der Waals surface area contributed by atoms with E-state index in [2.05, 4.69) is 90.1 Å². The van der Waals surface area contributed by atoms with Crippen molar-refractivity contribution in [2.24, 2.45) is 0 Å². The largest absolute Gasteiger partial charge is 0.370 e. The number of fused-ring (bicyclic) bond motifs is 1. The minimum Gasteiger partial charge on any atom is -0.370 e. The Hall–Kier alpha value is -1.60. The second-order valence-corrected chi connectivity index (χ2v) is 11.1. The van der Waals surface area contributed by atoms with Crippen molar-refractivity contribution in [1.82, 2.24) is 0 Å². The van der Waals surface area contributed by atoms with Gasteiger partial charge in [0.2, 0.25) is 0 Å². The van der Waals surface area contributed by atoms with Crippen LogP contribution in [0.1, 0.15) is 94.9 Å². The fourth-order valence-electron chi connectivity index (χ4n) is 4.75. The van der Waals surface area contributed by atoms with Gasteiger partial charge in [-0.3, -0.25) is 0 Å². The topological polar surface area (TPSA) is 12.5 Å². The summed E-state index contributed by atoms with van der Waals surface area (Å²) in [5.74, 6) is 1.19. The second kappa shape index (κ2) is 7.02. The highest BCUT2D eigenvalue weighted by molar-refractivity contribution is 5.33. The lowest BCUT2D eigenvalue weighted by Crippen LogP contribution is -2.12. The summed E-state index contributed by atoms with van der Waals surface area (Å²) in [4.78, 5) is 0. The van der Waals surface area contributed by atoms with Gasteiger partial charge in [-0.2, -0.15) is 0 Å². The fourth-order valence-corrected chi connectivity index (χ4v) is 4.75. The number of benzene rings is 2. The Bertz CT molecular complexity index is 732. The molecule has 1 nitrogen and oxygen atoms in total. The summed E-state index contributed by atoms with van der Waals surface area (Å²) in [5, 5.41) is 0. The zero-order valence-corrected chi connectivity index (χ0v) is 18.5. The minimum absolute atomic E-state index is 0.212. The van der Waals surface area contributed by atoms with Crippen LogP contribution in [-0.2, 0) is 15.6 Å². The highest BCUT2D eigenvalue weighted by Gasteiger charge is 2.45. The molecule has 0 spiro atoms. The van der Waals surface area contributed by atoms with E-state index >= 15 is 0 Å². The van der Waals surface area contributed by atoms with Crippen molar-refractivity contribution in [2.75, 3.05) is 0 Å². The van der Waals surface area contributed by atoms with Gasteiger partial charge in [0.05, 0.1) is 12.2 Å². The van der Waals surface area contributed by atoms with Gasteiger partial charge in [-0.25, -0.2) is 0 Å². The van der Waals surface area contributed by atoms with Crippen molar-refractivity contribution in [3.8, 4) is 0 Å². The molecular weight excluding hydrogens is 340 g/mol. The van der Waals surface area contributed by atoms with Crippen LogP contribution in [0, 0.1) is 0 Å². The molecule has 2 aromatic rings. The van der Waals surface area contributed by atoms with Gasteiger partial charge in [-0.15, -0.1) is 0 Å². The number of rotatable bonds is 2. The summed E-state index contributed by atoms with van der Waals surface area (Å²) in [7, 11) is 0. The second-order valence-electron chi connectivity index (χ2n) is 11.1. The molecule has 4 rings (SSSR count). The third-order valence-electron chi connectivity index (χ3n) is 6.79. The molecule has 28 heavy (non-hydrogen) atoms. The molecule has 150 valence electrons.